The Morgan fingerprint density at radius 1 is 1.35 bits per heavy atom. The van der Waals surface area contributed by atoms with Crippen LogP contribution in [0.2, 0.25) is 0 Å². The molecule has 5 nitrogen and oxygen atoms in total. The topological polar surface area (TPSA) is 67.9 Å². The van der Waals surface area contributed by atoms with Gasteiger partial charge in [-0.25, -0.2) is 15.0 Å². The number of fused-ring (bicyclic) bond motifs is 3. The molecule has 1 aliphatic heterocycles. The molecule has 17 heavy (non-hydrogen) atoms. The monoisotopic (exact) mass is 229 g/mol. The number of likely N-dealkylation sites (N-methyl/N-ethyl adjacent to an activating group) is 1. The average molecular weight is 229 g/mol. The Balaban J connectivity index is 2.18. The van der Waals surface area contributed by atoms with E-state index in [-0.39, 0.29) is 0 Å². The number of rotatable bonds is 1. The molecule has 2 N–H and O–H groups in total. The van der Waals surface area contributed by atoms with Gasteiger partial charge < -0.3 is 10.6 Å². The molecule has 0 saturated heterocycles. The highest BCUT2D eigenvalue weighted by atomic mass is 15.1. The fourth-order valence-corrected chi connectivity index (χ4v) is 2.31. The summed E-state index contributed by atoms with van der Waals surface area (Å²) in [4.78, 5) is 15.3. The number of aromatic nitrogens is 3. The van der Waals surface area contributed by atoms with Crippen molar-refractivity contribution in [2.45, 2.75) is 19.5 Å². The van der Waals surface area contributed by atoms with E-state index in [0.29, 0.717) is 12.4 Å². The Hall–Kier alpha value is -1.59. The summed E-state index contributed by atoms with van der Waals surface area (Å²) < 4.78 is 0. The van der Waals surface area contributed by atoms with Crippen molar-refractivity contribution < 1.29 is 0 Å². The SMILES string of the molecule is CN1CCc2c(cnc3nc(CN)ncc23)C1. The van der Waals surface area contributed by atoms with Gasteiger partial charge in [-0.2, -0.15) is 0 Å². The van der Waals surface area contributed by atoms with Crippen LogP contribution in [0.15, 0.2) is 12.4 Å². The van der Waals surface area contributed by atoms with E-state index in [1.54, 1.807) is 0 Å². The fourth-order valence-electron chi connectivity index (χ4n) is 2.31. The Kier molecular flexibility index (Phi) is 2.49. The molecule has 0 spiro atoms. The van der Waals surface area contributed by atoms with E-state index in [1.165, 1.54) is 11.1 Å². The quantitative estimate of drug-likeness (QED) is 0.770. The zero-order chi connectivity index (χ0) is 11.8. The summed E-state index contributed by atoms with van der Waals surface area (Å²) in [5, 5.41) is 1.08. The molecule has 2 aromatic heterocycles. The van der Waals surface area contributed by atoms with Gasteiger partial charge in [0.25, 0.3) is 0 Å². The summed E-state index contributed by atoms with van der Waals surface area (Å²) in [6.07, 6.45) is 4.83. The van der Waals surface area contributed by atoms with Crippen LogP contribution in [0.4, 0.5) is 0 Å². The molecule has 0 aromatic carbocycles. The van der Waals surface area contributed by atoms with Crippen LogP contribution in [0.1, 0.15) is 17.0 Å². The number of nitrogens with two attached hydrogens (primary N) is 1. The van der Waals surface area contributed by atoms with E-state index in [1.807, 2.05) is 12.4 Å². The maximum atomic E-state index is 5.54. The van der Waals surface area contributed by atoms with E-state index < -0.39 is 0 Å². The van der Waals surface area contributed by atoms with E-state index in [2.05, 4.69) is 26.9 Å². The number of hydrogen-bond acceptors (Lipinski definition) is 5. The van der Waals surface area contributed by atoms with E-state index >= 15 is 0 Å². The highest BCUT2D eigenvalue weighted by molar-refractivity contribution is 5.79. The molecular weight excluding hydrogens is 214 g/mol. The first-order valence-corrected chi connectivity index (χ1v) is 5.79. The first kappa shape index (κ1) is 10.6. The minimum absolute atomic E-state index is 0.359. The Morgan fingerprint density at radius 3 is 3.06 bits per heavy atom. The second kappa shape index (κ2) is 4.01. The third-order valence-electron chi connectivity index (χ3n) is 3.24. The van der Waals surface area contributed by atoms with Gasteiger partial charge in [-0.05, 0) is 24.6 Å². The lowest BCUT2D eigenvalue weighted by atomic mass is 9.99. The summed E-state index contributed by atoms with van der Waals surface area (Å²) in [5.41, 5.74) is 8.94. The van der Waals surface area contributed by atoms with Crippen LogP contribution in [-0.2, 0) is 19.5 Å². The molecule has 0 atom stereocenters. The third-order valence-corrected chi connectivity index (χ3v) is 3.24. The van der Waals surface area contributed by atoms with Gasteiger partial charge in [0.2, 0.25) is 0 Å². The second-order valence-corrected chi connectivity index (χ2v) is 4.48. The van der Waals surface area contributed by atoms with Crippen LogP contribution in [0.3, 0.4) is 0 Å². The van der Waals surface area contributed by atoms with Gasteiger partial charge in [0.05, 0.1) is 6.54 Å². The van der Waals surface area contributed by atoms with E-state index in [9.17, 15) is 0 Å². The molecule has 5 heteroatoms. The summed E-state index contributed by atoms with van der Waals surface area (Å²) in [5.74, 6) is 0.651. The van der Waals surface area contributed by atoms with Crippen molar-refractivity contribution in [3.05, 3.63) is 29.3 Å². The molecule has 3 heterocycles. The van der Waals surface area contributed by atoms with Crippen LogP contribution < -0.4 is 5.73 Å². The highest BCUT2D eigenvalue weighted by Crippen LogP contribution is 2.23. The first-order valence-electron chi connectivity index (χ1n) is 5.79. The van der Waals surface area contributed by atoms with E-state index in [0.717, 1.165) is 30.5 Å². The van der Waals surface area contributed by atoms with Crippen LogP contribution >= 0.6 is 0 Å². The molecule has 3 rings (SSSR count). The molecule has 0 fully saturated rings. The van der Waals surface area contributed by atoms with Gasteiger partial charge >= 0.3 is 0 Å². The number of hydrogen-bond donors (Lipinski definition) is 1. The summed E-state index contributed by atoms with van der Waals surface area (Å²) >= 11 is 0. The average Bonchev–Trinajstić information content (AvgIpc) is 2.37. The highest BCUT2D eigenvalue weighted by Gasteiger charge is 2.17. The molecule has 0 bridgehead atoms. The zero-order valence-electron chi connectivity index (χ0n) is 9.85. The maximum absolute atomic E-state index is 5.54. The van der Waals surface area contributed by atoms with Crippen molar-refractivity contribution in [2.24, 2.45) is 5.73 Å². The fraction of sp³-hybridized carbons (Fsp3) is 0.417. The smallest absolute Gasteiger partial charge is 0.163 e. The lowest BCUT2D eigenvalue weighted by Gasteiger charge is -2.25. The molecule has 0 unspecified atom stereocenters. The molecule has 2 aromatic rings. The largest absolute Gasteiger partial charge is 0.324 e. The van der Waals surface area contributed by atoms with Gasteiger partial charge in [-0.3, -0.25) is 0 Å². The maximum Gasteiger partial charge on any atom is 0.163 e. The lowest BCUT2D eigenvalue weighted by Crippen LogP contribution is -2.27. The van der Waals surface area contributed by atoms with Crippen molar-refractivity contribution >= 4 is 11.0 Å². The summed E-state index contributed by atoms with van der Waals surface area (Å²) in [6, 6.07) is 0. The molecule has 88 valence electrons. The number of pyridine rings is 1. The zero-order valence-corrected chi connectivity index (χ0v) is 9.85. The molecule has 0 saturated carbocycles. The van der Waals surface area contributed by atoms with Crippen molar-refractivity contribution in [2.75, 3.05) is 13.6 Å². The third kappa shape index (κ3) is 1.77. The van der Waals surface area contributed by atoms with Crippen molar-refractivity contribution in [3.8, 4) is 0 Å². The van der Waals surface area contributed by atoms with Gasteiger partial charge in [0.1, 0.15) is 5.82 Å². The van der Waals surface area contributed by atoms with Gasteiger partial charge in [-0.1, -0.05) is 0 Å². The molecular formula is C12H15N5. The van der Waals surface area contributed by atoms with E-state index in [4.69, 9.17) is 5.73 Å². The lowest BCUT2D eigenvalue weighted by molar-refractivity contribution is 0.313. The minimum atomic E-state index is 0.359. The minimum Gasteiger partial charge on any atom is -0.324 e. The summed E-state index contributed by atoms with van der Waals surface area (Å²) in [7, 11) is 2.13. The molecule has 0 amide bonds. The first-order chi connectivity index (χ1) is 8.28. The normalized spacial score (nSPS) is 16.1. The predicted molar refractivity (Wildman–Crippen MR) is 65.3 cm³/mol. The van der Waals surface area contributed by atoms with Crippen LogP contribution in [0.5, 0.6) is 0 Å². The number of nitrogens with zero attached hydrogens (tertiary/aromatic N) is 4. The standard InChI is InChI=1S/C12H15N5/c1-17-3-2-9-8(7-17)5-15-12-10(9)6-14-11(4-13)16-12/h5-6H,2-4,7,13H2,1H3. The van der Waals surface area contributed by atoms with Crippen LogP contribution in [0.25, 0.3) is 11.0 Å². The molecule has 1 aliphatic rings. The van der Waals surface area contributed by atoms with Crippen LogP contribution in [0, 0.1) is 0 Å². The van der Waals surface area contributed by atoms with Gasteiger partial charge in [-0.15, -0.1) is 0 Å². The van der Waals surface area contributed by atoms with Gasteiger partial charge in [0, 0.05) is 30.9 Å². The summed E-state index contributed by atoms with van der Waals surface area (Å²) in [6.45, 7) is 2.39. The second-order valence-electron chi connectivity index (χ2n) is 4.48. The molecule has 0 aliphatic carbocycles. The predicted octanol–water partition coefficient (Wildman–Crippen LogP) is 0.471. The Labute approximate surface area is 99.7 Å². The van der Waals surface area contributed by atoms with Crippen molar-refractivity contribution in [3.63, 3.8) is 0 Å². The van der Waals surface area contributed by atoms with Gasteiger partial charge in [0.15, 0.2) is 5.65 Å². The molecule has 0 radical (unpaired) electrons. The van der Waals surface area contributed by atoms with Crippen molar-refractivity contribution in [1.29, 1.82) is 0 Å². The van der Waals surface area contributed by atoms with Crippen LogP contribution in [-0.4, -0.2) is 33.4 Å². The van der Waals surface area contributed by atoms with Crippen molar-refractivity contribution in [1.82, 2.24) is 19.9 Å². The Morgan fingerprint density at radius 2 is 2.24 bits per heavy atom. The Bertz CT molecular complexity index is 566.